The maximum Gasteiger partial charge on any atom is 0.318 e. The number of hydrogen-bond acceptors (Lipinski definition) is 8. The lowest BCUT2D eigenvalue weighted by Crippen LogP contribution is -2.52. The number of likely N-dealkylation sites (tertiary alicyclic amines) is 1. The van der Waals surface area contributed by atoms with Crippen molar-refractivity contribution in [3.05, 3.63) is 46.9 Å². The Bertz CT molecular complexity index is 1300. The van der Waals surface area contributed by atoms with E-state index < -0.39 is 0 Å². The molecule has 0 aliphatic carbocycles. The maximum absolute atomic E-state index is 6.67. The normalized spacial score (nSPS) is 25.6. The molecule has 0 radical (unpaired) electrons. The van der Waals surface area contributed by atoms with Gasteiger partial charge in [-0.25, -0.2) is 0 Å². The van der Waals surface area contributed by atoms with E-state index in [9.17, 15) is 0 Å². The molecular weight excluding hydrogens is 486 g/mol. The topological polar surface area (TPSA) is 69.7 Å². The van der Waals surface area contributed by atoms with E-state index in [0.29, 0.717) is 37.3 Å². The number of likely N-dealkylation sites (N-methyl/N-ethyl adjacent to an activating group) is 1. The third-order valence-corrected chi connectivity index (χ3v) is 8.98. The number of fused-ring (bicyclic) bond motifs is 4. The van der Waals surface area contributed by atoms with E-state index in [1.165, 1.54) is 24.8 Å². The Hall–Kier alpha value is -2.68. The molecule has 37 heavy (non-hydrogen) atoms. The molecule has 2 aromatic heterocycles. The van der Waals surface area contributed by atoms with Crippen LogP contribution >= 0.6 is 11.6 Å². The molecule has 3 aromatic rings. The fourth-order valence-electron chi connectivity index (χ4n) is 6.66. The lowest BCUT2D eigenvalue weighted by Gasteiger charge is -2.37. The van der Waals surface area contributed by atoms with E-state index in [0.717, 1.165) is 72.0 Å². The Labute approximate surface area is 223 Å². The van der Waals surface area contributed by atoms with Crippen LogP contribution in [0.1, 0.15) is 36.9 Å². The van der Waals surface area contributed by atoms with E-state index in [1.807, 2.05) is 24.5 Å². The van der Waals surface area contributed by atoms with Crippen LogP contribution < -0.4 is 19.9 Å². The number of nitrogens with one attached hydrogen (secondary N) is 1. The second kappa shape index (κ2) is 9.57. The van der Waals surface area contributed by atoms with Gasteiger partial charge in [0.05, 0.1) is 29.1 Å². The van der Waals surface area contributed by atoms with E-state index in [-0.39, 0.29) is 0 Å². The van der Waals surface area contributed by atoms with Crippen molar-refractivity contribution in [3.63, 3.8) is 0 Å². The van der Waals surface area contributed by atoms with Gasteiger partial charge in [-0.2, -0.15) is 9.97 Å². The van der Waals surface area contributed by atoms with Crippen molar-refractivity contribution < 1.29 is 4.74 Å². The quantitative estimate of drug-likeness (QED) is 0.548. The van der Waals surface area contributed by atoms with Crippen molar-refractivity contribution in [2.45, 2.75) is 56.8 Å². The number of rotatable bonds is 5. The largest absolute Gasteiger partial charge is 0.462 e. The Morgan fingerprint density at radius 3 is 2.73 bits per heavy atom. The average Bonchev–Trinajstić information content (AvgIpc) is 3.49. The van der Waals surface area contributed by atoms with Gasteiger partial charge in [-0.1, -0.05) is 23.7 Å². The molecule has 1 N–H and O–H groups in total. The van der Waals surface area contributed by atoms with Crippen LogP contribution in [0.4, 0.5) is 11.5 Å². The number of hydrogen-bond donors (Lipinski definition) is 1. The van der Waals surface area contributed by atoms with Crippen LogP contribution in [-0.4, -0.2) is 77.8 Å². The molecule has 3 saturated heterocycles. The minimum atomic E-state index is 0.429. The zero-order chi connectivity index (χ0) is 24.9. The molecule has 3 fully saturated rings. The number of nitrogens with zero attached hydrogens (tertiary/aromatic N) is 6. The zero-order valence-electron chi connectivity index (χ0n) is 21.4. The van der Waals surface area contributed by atoms with Crippen LogP contribution in [0.25, 0.3) is 10.8 Å². The van der Waals surface area contributed by atoms with E-state index in [4.69, 9.17) is 26.3 Å². The van der Waals surface area contributed by atoms with Gasteiger partial charge in [0, 0.05) is 60.3 Å². The van der Waals surface area contributed by atoms with Crippen molar-refractivity contribution in [2.24, 2.45) is 0 Å². The first-order valence-corrected chi connectivity index (χ1v) is 14.0. The minimum absolute atomic E-state index is 0.429. The average molecular weight is 520 g/mol. The molecule has 2 unspecified atom stereocenters. The molecule has 2 bridgehead atoms. The Kier molecular flexibility index (Phi) is 6.06. The van der Waals surface area contributed by atoms with Gasteiger partial charge < -0.3 is 24.8 Å². The number of piperazine rings is 1. The number of anilines is 2. The molecule has 1 aromatic carbocycles. The Balaban J connectivity index is 1.23. The van der Waals surface area contributed by atoms with Gasteiger partial charge in [0.2, 0.25) is 0 Å². The van der Waals surface area contributed by atoms with Crippen LogP contribution in [0.5, 0.6) is 6.01 Å². The van der Waals surface area contributed by atoms with Crippen LogP contribution in [0.3, 0.4) is 0 Å². The maximum atomic E-state index is 6.67. The summed E-state index contributed by atoms with van der Waals surface area (Å²) in [5, 5.41) is 6.62. The van der Waals surface area contributed by atoms with E-state index >= 15 is 0 Å². The Morgan fingerprint density at radius 1 is 1.05 bits per heavy atom. The second-order valence-electron chi connectivity index (χ2n) is 11.1. The predicted octanol–water partition coefficient (Wildman–Crippen LogP) is 3.65. The van der Waals surface area contributed by atoms with Gasteiger partial charge in [-0.15, -0.1) is 0 Å². The fourth-order valence-corrected chi connectivity index (χ4v) is 6.94. The van der Waals surface area contributed by atoms with Crippen LogP contribution in [0, 0.1) is 0 Å². The SMILES string of the molecule is CN1CCC[C@H]1COc1nc2c(c(N3CC4CCC(C3)N4)n1)CCN(c1cncc3cccc(Cl)c13)C2. The first-order chi connectivity index (χ1) is 18.1. The second-order valence-corrected chi connectivity index (χ2v) is 11.5. The summed E-state index contributed by atoms with van der Waals surface area (Å²) >= 11 is 6.67. The summed E-state index contributed by atoms with van der Waals surface area (Å²) < 4.78 is 6.30. The van der Waals surface area contributed by atoms with Crippen molar-refractivity contribution in [3.8, 4) is 6.01 Å². The van der Waals surface area contributed by atoms with Gasteiger partial charge >= 0.3 is 6.01 Å². The molecule has 6 heterocycles. The highest BCUT2D eigenvalue weighted by Gasteiger charge is 2.35. The molecule has 4 aliphatic heterocycles. The summed E-state index contributed by atoms with van der Waals surface area (Å²) in [6, 6.07) is 8.04. The third kappa shape index (κ3) is 4.39. The Morgan fingerprint density at radius 2 is 1.92 bits per heavy atom. The monoisotopic (exact) mass is 519 g/mol. The van der Waals surface area contributed by atoms with Crippen LogP contribution in [0.15, 0.2) is 30.6 Å². The standard InChI is InChI=1S/C28H34ClN7O/c1-34-10-3-5-21(34)17-37-28-32-24-16-35(25-13-30-12-18-4-2-6-23(29)26(18)25)11-9-22(24)27(33-28)36-14-19-7-8-20(15-36)31-19/h2,4,6,12-13,19-21,31H,3,5,7-11,14-17H2,1H3/t19?,20?,21-/m0/s1. The first-order valence-electron chi connectivity index (χ1n) is 13.6. The summed E-state index contributed by atoms with van der Waals surface area (Å²) in [7, 11) is 2.18. The third-order valence-electron chi connectivity index (χ3n) is 8.67. The van der Waals surface area contributed by atoms with Crippen molar-refractivity contribution in [2.75, 3.05) is 49.6 Å². The van der Waals surface area contributed by atoms with Crippen LogP contribution in [0.2, 0.25) is 5.02 Å². The predicted molar refractivity (Wildman–Crippen MR) is 147 cm³/mol. The molecule has 0 amide bonds. The molecule has 0 saturated carbocycles. The zero-order valence-corrected chi connectivity index (χ0v) is 22.1. The number of aromatic nitrogens is 3. The van der Waals surface area contributed by atoms with E-state index in [2.05, 4.69) is 38.1 Å². The lowest BCUT2D eigenvalue weighted by molar-refractivity contribution is 0.187. The summed E-state index contributed by atoms with van der Waals surface area (Å²) in [6.07, 6.45) is 9.58. The molecule has 7 rings (SSSR count). The lowest BCUT2D eigenvalue weighted by atomic mass is 10.0. The number of ether oxygens (including phenoxy) is 1. The highest BCUT2D eigenvalue weighted by atomic mass is 35.5. The molecule has 8 nitrogen and oxygen atoms in total. The highest BCUT2D eigenvalue weighted by Crippen LogP contribution is 2.37. The molecular formula is C28H34ClN7O. The highest BCUT2D eigenvalue weighted by molar-refractivity contribution is 6.36. The summed E-state index contributed by atoms with van der Waals surface area (Å²) in [4.78, 5) is 21.8. The molecule has 0 spiro atoms. The minimum Gasteiger partial charge on any atom is -0.462 e. The van der Waals surface area contributed by atoms with Crippen molar-refractivity contribution in [1.82, 2.24) is 25.2 Å². The van der Waals surface area contributed by atoms with E-state index in [1.54, 1.807) is 0 Å². The molecule has 194 valence electrons. The van der Waals surface area contributed by atoms with Crippen LogP contribution in [-0.2, 0) is 13.0 Å². The van der Waals surface area contributed by atoms with Gasteiger partial charge in [-0.05, 0) is 51.8 Å². The number of pyridine rings is 1. The van der Waals surface area contributed by atoms with Crippen molar-refractivity contribution in [1.29, 1.82) is 0 Å². The van der Waals surface area contributed by atoms with Crippen molar-refractivity contribution >= 4 is 33.9 Å². The smallest absolute Gasteiger partial charge is 0.318 e. The summed E-state index contributed by atoms with van der Waals surface area (Å²) in [5.74, 6) is 1.08. The summed E-state index contributed by atoms with van der Waals surface area (Å²) in [6.45, 7) is 5.32. The molecule has 3 atom stereocenters. The fraction of sp³-hybridized carbons (Fsp3) is 0.536. The first kappa shape index (κ1) is 23.4. The number of benzene rings is 1. The van der Waals surface area contributed by atoms with Gasteiger partial charge in [0.25, 0.3) is 0 Å². The number of halogens is 1. The molecule has 9 heteroatoms. The summed E-state index contributed by atoms with van der Waals surface area (Å²) in [5.41, 5.74) is 3.38. The van der Waals surface area contributed by atoms with Gasteiger partial charge in [-0.3, -0.25) is 4.98 Å². The molecule has 4 aliphatic rings. The van der Waals surface area contributed by atoms with Gasteiger partial charge in [0.1, 0.15) is 12.4 Å². The van der Waals surface area contributed by atoms with Gasteiger partial charge in [0.15, 0.2) is 0 Å².